The maximum atomic E-state index is 13.0. The fourth-order valence-electron chi connectivity index (χ4n) is 1.03. The molecule has 1 aromatic carbocycles. The maximum absolute atomic E-state index is 13.0. The zero-order valence-corrected chi connectivity index (χ0v) is 7.98. The van der Waals surface area contributed by atoms with Crippen molar-refractivity contribution in [1.29, 1.82) is 0 Å². The summed E-state index contributed by atoms with van der Waals surface area (Å²) in [6, 6.07) is 4.36. The summed E-state index contributed by atoms with van der Waals surface area (Å²) in [5, 5.41) is 8.93. The molecule has 0 aliphatic heterocycles. The van der Waals surface area contributed by atoms with E-state index in [-0.39, 0.29) is 11.6 Å². The van der Waals surface area contributed by atoms with Gasteiger partial charge in [-0.05, 0) is 18.6 Å². The summed E-state index contributed by atoms with van der Waals surface area (Å²) in [5.41, 5.74) is 5.12. The zero-order valence-electron chi connectivity index (χ0n) is 7.22. The highest BCUT2D eigenvalue weighted by atomic mass is 35.5. The van der Waals surface area contributed by atoms with Crippen LogP contribution in [0.2, 0.25) is 5.02 Å². The van der Waals surface area contributed by atoms with Crippen molar-refractivity contribution in [3.8, 4) is 0 Å². The second kappa shape index (κ2) is 3.62. The molecule has 0 saturated heterocycles. The molecule has 1 atom stereocenters. The molecule has 0 heterocycles. The number of benzene rings is 1. The summed E-state index contributed by atoms with van der Waals surface area (Å²) in [5.74, 6) is -0.524. The van der Waals surface area contributed by atoms with Gasteiger partial charge in [0.05, 0.1) is 17.2 Å². The molecule has 2 nitrogen and oxygen atoms in total. The van der Waals surface area contributed by atoms with Gasteiger partial charge in [0.2, 0.25) is 0 Å². The van der Waals surface area contributed by atoms with Crippen LogP contribution in [0.5, 0.6) is 0 Å². The van der Waals surface area contributed by atoms with E-state index in [4.69, 9.17) is 22.4 Å². The number of hydrogen-bond donors (Lipinski definition) is 2. The lowest BCUT2D eigenvalue weighted by Gasteiger charge is -2.23. The van der Waals surface area contributed by atoms with Gasteiger partial charge < -0.3 is 10.8 Å². The molecule has 3 N–H and O–H groups in total. The molecule has 1 aromatic rings. The van der Waals surface area contributed by atoms with E-state index in [1.807, 2.05) is 0 Å². The van der Waals surface area contributed by atoms with Crippen LogP contribution in [-0.2, 0) is 5.54 Å². The van der Waals surface area contributed by atoms with Crippen molar-refractivity contribution >= 4 is 11.6 Å². The minimum atomic E-state index is -1.00. The van der Waals surface area contributed by atoms with Crippen molar-refractivity contribution in [2.45, 2.75) is 12.5 Å². The first-order valence-electron chi connectivity index (χ1n) is 3.83. The molecular weight excluding hydrogens is 193 g/mol. The van der Waals surface area contributed by atoms with Crippen molar-refractivity contribution in [3.63, 3.8) is 0 Å². The Kier molecular flexibility index (Phi) is 2.91. The van der Waals surface area contributed by atoms with Gasteiger partial charge in [-0.1, -0.05) is 23.7 Å². The second-order valence-electron chi connectivity index (χ2n) is 3.18. The first-order chi connectivity index (χ1) is 5.99. The lowest BCUT2D eigenvalue weighted by atomic mass is 9.94. The maximum Gasteiger partial charge on any atom is 0.142 e. The smallest absolute Gasteiger partial charge is 0.142 e. The van der Waals surface area contributed by atoms with Crippen molar-refractivity contribution < 1.29 is 9.50 Å². The molecule has 0 aromatic heterocycles. The SMILES string of the molecule is CC(N)(CO)c1cccc(F)c1Cl. The summed E-state index contributed by atoms with van der Waals surface area (Å²) >= 11 is 5.69. The molecular formula is C9H11ClFNO. The molecule has 4 heteroatoms. The van der Waals surface area contributed by atoms with E-state index >= 15 is 0 Å². The Morgan fingerprint density at radius 3 is 2.77 bits per heavy atom. The standard InChI is InChI=1S/C9H11ClFNO/c1-9(12,5-13)6-3-2-4-7(11)8(6)10/h2-4,13H,5,12H2,1H3. The van der Waals surface area contributed by atoms with E-state index in [0.717, 1.165) is 0 Å². The molecule has 0 fully saturated rings. The quantitative estimate of drug-likeness (QED) is 0.768. The summed E-state index contributed by atoms with van der Waals surface area (Å²) < 4.78 is 13.0. The average molecular weight is 204 g/mol. The number of aliphatic hydroxyl groups excluding tert-OH is 1. The van der Waals surface area contributed by atoms with Gasteiger partial charge in [-0.2, -0.15) is 0 Å². The number of nitrogens with two attached hydrogens (primary N) is 1. The third kappa shape index (κ3) is 1.99. The van der Waals surface area contributed by atoms with Gasteiger partial charge in [0.25, 0.3) is 0 Å². The van der Waals surface area contributed by atoms with E-state index in [9.17, 15) is 4.39 Å². The summed E-state index contributed by atoms with van der Waals surface area (Å²) in [4.78, 5) is 0. The number of halogens is 2. The predicted molar refractivity (Wildman–Crippen MR) is 50.0 cm³/mol. The van der Waals surface area contributed by atoms with Crippen LogP contribution in [0.1, 0.15) is 12.5 Å². The van der Waals surface area contributed by atoms with E-state index in [0.29, 0.717) is 5.56 Å². The normalized spacial score (nSPS) is 15.5. The molecule has 72 valence electrons. The van der Waals surface area contributed by atoms with E-state index < -0.39 is 11.4 Å². The van der Waals surface area contributed by atoms with Crippen LogP contribution in [0.25, 0.3) is 0 Å². The van der Waals surface area contributed by atoms with Crippen molar-refractivity contribution in [3.05, 3.63) is 34.6 Å². The zero-order chi connectivity index (χ0) is 10.1. The highest BCUT2D eigenvalue weighted by Crippen LogP contribution is 2.27. The summed E-state index contributed by atoms with van der Waals surface area (Å²) in [6.45, 7) is 1.31. The fraction of sp³-hybridized carbons (Fsp3) is 0.333. The van der Waals surface area contributed by atoms with Crippen molar-refractivity contribution in [2.24, 2.45) is 5.73 Å². The van der Waals surface area contributed by atoms with Gasteiger partial charge in [0.1, 0.15) is 5.82 Å². The second-order valence-corrected chi connectivity index (χ2v) is 3.55. The molecule has 0 radical (unpaired) electrons. The van der Waals surface area contributed by atoms with Crippen LogP contribution in [0.3, 0.4) is 0 Å². The third-order valence-electron chi connectivity index (χ3n) is 1.90. The van der Waals surface area contributed by atoms with Crippen LogP contribution >= 0.6 is 11.6 Å². The van der Waals surface area contributed by atoms with Gasteiger partial charge in [0.15, 0.2) is 0 Å². The molecule has 0 aliphatic carbocycles. The fourth-order valence-corrected chi connectivity index (χ4v) is 1.37. The molecule has 0 spiro atoms. The average Bonchev–Trinajstić information content (AvgIpc) is 2.09. The van der Waals surface area contributed by atoms with Crippen LogP contribution in [0.15, 0.2) is 18.2 Å². The Morgan fingerprint density at radius 1 is 1.62 bits per heavy atom. The molecule has 0 bridgehead atoms. The van der Waals surface area contributed by atoms with Crippen LogP contribution in [-0.4, -0.2) is 11.7 Å². The Hall–Kier alpha value is -0.640. The van der Waals surface area contributed by atoms with Gasteiger partial charge in [-0.15, -0.1) is 0 Å². The van der Waals surface area contributed by atoms with Crippen LogP contribution in [0.4, 0.5) is 4.39 Å². The monoisotopic (exact) mass is 203 g/mol. The van der Waals surface area contributed by atoms with E-state index in [2.05, 4.69) is 0 Å². The lowest BCUT2D eigenvalue weighted by molar-refractivity contribution is 0.210. The largest absolute Gasteiger partial charge is 0.394 e. The Balaban J connectivity index is 3.22. The van der Waals surface area contributed by atoms with E-state index in [1.54, 1.807) is 13.0 Å². The predicted octanol–water partition coefficient (Wildman–Crippen LogP) is 1.65. The molecule has 13 heavy (non-hydrogen) atoms. The lowest BCUT2D eigenvalue weighted by Crippen LogP contribution is -2.37. The van der Waals surface area contributed by atoms with Gasteiger partial charge >= 0.3 is 0 Å². The molecule has 1 rings (SSSR count). The van der Waals surface area contributed by atoms with Gasteiger partial charge in [-0.25, -0.2) is 4.39 Å². The number of hydrogen-bond acceptors (Lipinski definition) is 2. The Bertz CT molecular complexity index is 314. The first-order valence-corrected chi connectivity index (χ1v) is 4.21. The molecule has 1 unspecified atom stereocenters. The Labute approximate surface area is 81.1 Å². The summed E-state index contributed by atoms with van der Waals surface area (Å²) in [7, 11) is 0. The van der Waals surface area contributed by atoms with Gasteiger partial charge in [0, 0.05) is 0 Å². The Morgan fingerprint density at radius 2 is 2.23 bits per heavy atom. The summed E-state index contributed by atoms with van der Waals surface area (Å²) in [6.07, 6.45) is 0. The highest BCUT2D eigenvalue weighted by Gasteiger charge is 2.24. The van der Waals surface area contributed by atoms with Crippen molar-refractivity contribution in [2.75, 3.05) is 6.61 Å². The van der Waals surface area contributed by atoms with E-state index in [1.165, 1.54) is 12.1 Å². The molecule has 0 amide bonds. The van der Waals surface area contributed by atoms with Crippen molar-refractivity contribution in [1.82, 2.24) is 0 Å². The molecule has 0 saturated carbocycles. The third-order valence-corrected chi connectivity index (χ3v) is 2.28. The highest BCUT2D eigenvalue weighted by molar-refractivity contribution is 6.31. The van der Waals surface area contributed by atoms with Gasteiger partial charge in [-0.3, -0.25) is 0 Å². The van der Waals surface area contributed by atoms with Crippen LogP contribution < -0.4 is 5.73 Å². The minimum Gasteiger partial charge on any atom is -0.394 e. The first kappa shape index (κ1) is 10.4. The topological polar surface area (TPSA) is 46.2 Å². The minimum absolute atomic E-state index is 0.0263. The number of aliphatic hydroxyl groups is 1. The van der Waals surface area contributed by atoms with Crippen LogP contribution in [0, 0.1) is 5.82 Å². The number of rotatable bonds is 2. The molecule has 0 aliphatic rings.